The van der Waals surface area contributed by atoms with Gasteiger partial charge in [-0.2, -0.15) is 0 Å². The highest BCUT2D eigenvalue weighted by Gasteiger charge is 2.11. The summed E-state index contributed by atoms with van der Waals surface area (Å²) in [6.07, 6.45) is 3.11. The van der Waals surface area contributed by atoms with Crippen molar-refractivity contribution < 1.29 is 12.8 Å². The van der Waals surface area contributed by atoms with Crippen LogP contribution in [0.5, 0.6) is 0 Å². The van der Waals surface area contributed by atoms with E-state index in [0.29, 0.717) is 0 Å². The molecule has 1 heterocycles. The van der Waals surface area contributed by atoms with Crippen LogP contribution < -0.4 is 4.72 Å². The number of aryl methyl sites for hydroxylation is 1. The summed E-state index contributed by atoms with van der Waals surface area (Å²) in [4.78, 5) is 0. The summed E-state index contributed by atoms with van der Waals surface area (Å²) in [5.74, 6) is 1.01. The highest BCUT2D eigenvalue weighted by atomic mass is 32.2. The number of furan rings is 1. The van der Waals surface area contributed by atoms with Crippen LogP contribution >= 0.6 is 0 Å². The van der Waals surface area contributed by atoms with E-state index in [2.05, 4.69) is 4.72 Å². The van der Waals surface area contributed by atoms with Gasteiger partial charge in [-0.05, 0) is 32.4 Å². The maximum absolute atomic E-state index is 11.2. The van der Waals surface area contributed by atoms with Gasteiger partial charge in [-0.1, -0.05) is 0 Å². The average molecular weight is 231 g/mol. The van der Waals surface area contributed by atoms with Crippen LogP contribution in [0, 0.1) is 0 Å². The largest absolute Gasteiger partial charge is 0.469 e. The van der Waals surface area contributed by atoms with Crippen LogP contribution in [0.2, 0.25) is 0 Å². The summed E-state index contributed by atoms with van der Waals surface area (Å²) in [5.41, 5.74) is 0. The smallest absolute Gasteiger partial charge is 0.211 e. The van der Waals surface area contributed by atoms with E-state index >= 15 is 0 Å². The lowest BCUT2D eigenvalue weighted by molar-refractivity contribution is 0.480. The predicted molar refractivity (Wildman–Crippen MR) is 59.1 cm³/mol. The van der Waals surface area contributed by atoms with Gasteiger partial charge in [0.2, 0.25) is 10.0 Å². The van der Waals surface area contributed by atoms with Gasteiger partial charge < -0.3 is 4.42 Å². The van der Waals surface area contributed by atoms with Crippen LogP contribution in [0.25, 0.3) is 0 Å². The molecule has 0 fully saturated rings. The SMILES string of the molecule is CCS(=O)(=O)NC(C)CCc1ccco1. The Bertz CT molecular complexity index is 369. The van der Waals surface area contributed by atoms with E-state index in [1.54, 1.807) is 13.2 Å². The standard InChI is InChI=1S/C10H17NO3S/c1-3-15(12,13)11-9(2)6-7-10-5-4-8-14-10/h4-5,8-9,11H,3,6-7H2,1-2H3. The molecule has 86 valence electrons. The molecule has 15 heavy (non-hydrogen) atoms. The molecule has 0 saturated carbocycles. The Kier molecular flexibility index (Phi) is 4.35. The Hall–Kier alpha value is -0.810. The minimum atomic E-state index is -3.09. The van der Waals surface area contributed by atoms with Crippen LogP contribution in [-0.4, -0.2) is 20.2 Å². The number of hydrogen-bond acceptors (Lipinski definition) is 3. The van der Waals surface area contributed by atoms with Crippen molar-refractivity contribution in [3.63, 3.8) is 0 Å². The summed E-state index contributed by atoms with van der Waals surface area (Å²) >= 11 is 0. The van der Waals surface area contributed by atoms with Gasteiger partial charge in [-0.25, -0.2) is 13.1 Å². The normalized spacial score (nSPS) is 14.0. The second-order valence-corrected chi connectivity index (χ2v) is 5.58. The Labute approximate surface area is 90.7 Å². The van der Waals surface area contributed by atoms with Crippen LogP contribution in [0.1, 0.15) is 26.0 Å². The van der Waals surface area contributed by atoms with E-state index < -0.39 is 10.0 Å². The first kappa shape index (κ1) is 12.3. The molecule has 0 bridgehead atoms. The topological polar surface area (TPSA) is 59.3 Å². The molecule has 0 aliphatic heterocycles. The molecule has 1 rings (SSSR count). The van der Waals surface area contributed by atoms with Crippen LogP contribution in [0.4, 0.5) is 0 Å². The maximum atomic E-state index is 11.2. The maximum Gasteiger partial charge on any atom is 0.211 e. The lowest BCUT2D eigenvalue weighted by atomic mass is 10.2. The van der Waals surface area contributed by atoms with Crippen molar-refractivity contribution in [2.75, 3.05) is 5.75 Å². The molecule has 0 amide bonds. The van der Waals surface area contributed by atoms with E-state index in [9.17, 15) is 8.42 Å². The van der Waals surface area contributed by atoms with Gasteiger partial charge in [0.05, 0.1) is 12.0 Å². The molecule has 0 aromatic carbocycles. The van der Waals surface area contributed by atoms with E-state index in [1.807, 2.05) is 19.1 Å². The van der Waals surface area contributed by atoms with Gasteiger partial charge in [0.15, 0.2) is 0 Å². The van der Waals surface area contributed by atoms with Gasteiger partial charge in [0, 0.05) is 12.5 Å². The van der Waals surface area contributed by atoms with Crippen molar-refractivity contribution in [2.24, 2.45) is 0 Å². The minimum absolute atomic E-state index is 0.0555. The van der Waals surface area contributed by atoms with Crippen LogP contribution in [0.3, 0.4) is 0 Å². The number of hydrogen-bond donors (Lipinski definition) is 1. The Morgan fingerprint density at radius 2 is 2.27 bits per heavy atom. The fourth-order valence-electron chi connectivity index (χ4n) is 1.26. The first-order valence-electron chi connectivity index (χ1n) is 5.06. The molecule has 0 spiro atoms. The molecule has 5 heteroatoms. The summed E-state index contributed by atoms with van der Waals surface area (Å²) in [6.45, 7) is 3.48. The van der Waals surface area contributed by atoms with Crippen molar-refractivity contribution in [3.8, 4) is 0 Å². The minimum Gasteiger partial charge on any atom is -0.469 e. The molecule has 1 aromatic rings. The third kappa shape index (κ3) is 4.48. The predicted octanol–water partition coefficient (Wildman–Crippen LogP) is 1.54. The molecule has 0 aliphatic rings. The lowest BCUT2D eigenvalue weighted by Gasteiger charge is -2.12. The molecule has 4 nitrogen and oxygen atoms in total. The lowest BCUT2D eigenvalue weighted by Crippen LogP contribution is -2.33. The van der Waals surface area contributed by atoms with Crippen molar-refractivity contribution in [2.45, 2.75) is 32.7 Å². The highest BCUT2D eigenvalue weighted by Crippen LogP contribution is 2.06. The second kappa shape index (κ2) is 5.32. The van der Waals surface area contributed by atoms with E-state index in [0.717, 1.165) is 18.6 Å². The summed E-state index contributed by atoms with van der Waals surface area (Å²) in [5, 5.41) is 0. The summed E-state index contributed by atoms with van der Waals surface area (Å²) in [6, 6.07) is 3.66. The van der Waals surface area contributed by atoms with Crippen LogP contribution in [-0.2, 0) is 16.4 Å². The van der Waals surface area contributed by atoms with E-state index in [1.165, 1.54) is 0 Å². The highest BCUT2D eigenvalue weighted by molar-refractivity contribution is 7.89. The molecule has 1 atom stereocenters. The summed E-state index contributed by atoms with van der Waals surface area (Å²) in [7, 11) is -3.09. The fourth-order valence-corrected chi connectivity index (χ4v) is 2.16. The average Bonchev–Trinajstić information content (AvgIpc) is 2.66. The molecule has 1 N–H and O–H groups in total. The van der Waals surface area contributed by atoms with Gasteiger partial charge >= 0.3 is 0 Å². The van der Waals surface area contributed by atoms with E-state index in [4.69, 9.17) is 4.42 Å². The van der Waals surface area contributed by atoms with Crippen molar-refractivity contribution >= 4 is 10.0 Å². The Morgan fingerprint density at radius 1 is 1.53 bits per heavy atom. The molecule has 0 aliphatic carbocycles. The van der Waals surface area contributed by atoms with Crippen LogP contribution in [0.15, 0.2) is 22.8 Å². The van der Waals surface area contributed by atoms with Gasteiger partial charge in [0.25, 0.3) is 0 Å². The molecular formula is C10H17NO3S. The quantitative estimate of drug-likeness (QED) is 0.808. The van der Waals surface area contributed by atoms with Crippen molar-refractivity contribution in [1.29, 1.82) is 0 Å². The fraction of sp³-hybridized carbons (Fsp3) is 0.600. The molecule has 1 aromatic heterocycles. The molecular weight excluding hydrogens is 214 g/mol. The molecule has 0 saturated heterocycles. The first-order valence-corrected chi connectivity index (χ1v) is 6.71. The van der Waals surface area contributed by atoms with Crippen molar-refractivity contribution in [1.82, 2.24) is 4.72 Å². The van der Waals surface area contributed by atoms with Crippen molar-refractivity contribution in [3.05, 3.63) is 24.2 Å². The second-order valence-electron chi connectivity index (χ2n) is 3.54. The molecule has 1 unspecified atom stereocenters. The zero-order valence-electron chi connectivity index (χ0n) is 9.06. The Morgan fingerprint density at radius 3 is 2.80 bits per heavy atom. The van der Waals surface area contributed by atoms with Gasteiger partial charge in [-0.15, -0.1) is 0 Å². The molecule has 0 radical (unpaired) electrons. The third-order valence-electron chi connectivity index (χ3n) is 2.16. The third-order valence-corrected chi connectivity index (χ3v) is 3.69. The zero-order chi connectivity index (χ0) is 11.3. The first-order chi connectivity index (χ1) is 7.03. The summed E-state index contributed by atoms with van der Waals surface area (Å²) < 4.78 is 30.2. The van der Waals surface area contributed by atoms with Gasteiger partial charge in [0.1, 0.15) is 5.76 Å². The number of nitrogens with one attached hydrogen (secondary N) is 1. The monoisotopic (exact) mass is 231 g/mol. The zero-order valence-corrected chi connectivity index (χ0v) is 9.88. The van der Waals surface area contributed by atoms with Gasteiger partial charge in [-0.3, -0.25) is 0 Å². The number of rotatable bonds is 6. The van der Waals surface area contributed by atoms with E-state index in [-0.39, 0.29) is 11.8 Å². The Balaban J connectivity index is 2.34. The number of sulfonamides is 1.